The van der Waals surface area contributed by atoms with E-state index in [1.54, 1.807) is 0 Å². The lowest BCUT2D eigenvalue weighted by molar-refractivity contribution is -0.132. The molecule has 0 aromatic heterocycles. The molecule has 0 saturated heterocycles. The second-order valence-electron chi connectivity index (χ2n) is 9.14. The number of nitrogens with one attached hydrogen (secondary N) is 1. The van der Waals surface area contributed by atoms with E-state index in [9.17, 15) is 9.59 Å². The van der Waals surface area contributed by atoms with Crippen molar-refractivity contribution in [3.8, 4) is 0 Å². The van der Waals surface area contributed by atoms with Gasteiger partial charge in [-0.3, -0.25) is 14.5 Å². The number of ketones is 2. The van der Waals surface area contributed by atoms with Gasteiger partial charge < -0.3 is 5.32 Å². The molecule has 0 aromatic rings. The lowest BCUT2D eigenvalue weighted by Gasteiger charge is -2.32. The highest BCUT2D eigenvalue weighted by molar-refractivity contribution is 5.88. The fraction of sp³-hybridized carbons (Fsp3) is 0.917. The molecule has 4 nitrogen and oxygen atoms in total. The first kappa shape index (κ1) is 31.9. The van der Waals surface area contributed by atoms with E-state index in [2.05, 4.69) is 44.8 Å². The van der Waals surface area contributed by atoms with Crippen LogP contribution < -0.4 is 5.32 Å². The molecule has 1 atom stereocenters. The molecule has 0 saturated carbocycles. The number of hydrogen-bond donors (Lipinski definition) is 1. The predicted molar refractivity (Wildman–Crippen MR) is 125 cm³/mol. The smallest absolute Gasteiger partial charge is 0.155 e. The molecule has 0 aliphatic carbocycles. The minimum atomic E-state index is -0.219. The van der Waals surface area contributed by atoms with Crippen molar-refractivity contribution in [2.75, 3.05) is 26.2 Å². The lowest BCUT2D eigenvalue weighted by Crippen LogP contribution is -2.45. The van der Waals surface area contributed by atoms with Crippen molar-refractivity contribution in [2.24, 2.45) is 10.8 Å². The van der Waals surface area contributed by atoms with Crippen LogP contribution in [0.15, 0.2) is 0 Å². The van der Waals surface area contributed by atoms with E-state index in [1.165, 1.54) is 0 Å². The summed E-state index contributed by atoms with van der Waals surface area (Å²) >= 11 is 0. The monoisotopic (exact) mass is 400 g/mol. The third-order valence-electron chi connectivity index (χ3n) is 4.50. The Morgan fingerprint density at radius 2 is 1.21 bits per heavy atom. The van der Waals surface area contributed by atoms with Gasteiger partial charge in [0.05, 0.1) is 6.04 Å². The van der Waals surface area contributed by atoms with Crippen LogP contribution in [0.4, 0.5) is 0 Å². The van der Waals surface area contributed by atoms with Gasteiger partial charge in [-0.15, -0.1) is 0 Å². The summed E-state index contributed by atoms with van der Waals surface area (Å²) in [6, 6.07) is 0.102. The fourth-order valence-corrected chi connectivity index (χ4v) is 2.63. The zero-order valence-electron chi connectivity index (χ0n) is 21.3. The summed E-state index contributed by atoms with van der Waals surface area (Å²) < 4.78 is 0. The number of nitrogens with zero attached hydrogens (tertiary/aromatic N) is 1. The predicted octanol–water partition coefficient (Wildman–Crippen LogP) is 5.74. The van der Waals surface area contributed by atoms with Gasteiger partial charge >= 0.3 is 0 Å². The lowest BCUT2D eigenvalue weighted by atomic mass is 9.85. The Labute approximate surface area is 177 Å². The number of likely N-dealkylation sites (N-methyl/N-ethyl adjacent to an activating group) is 1. The molecule has 4 heteroatoms. The van der Waals surface area contributed by atoms with E-state index in [0.717, 1.165) is 45.4 Å². The molecular weight excluding hydrogens is 348 g/mol. The Hall–Kier alpha value is -0.740. The van der Waals surface area contributed by atoms with E-state index in [-0.39, 0.29) is 16.9 Å². The third-order valence-corrected chi connectivity index (χ3v) is 4.50. The summed E-state index contributed by atoms with van der Waals surface area (Å²) in [7, 11) is 0. The minimum absolute atomic E-state index is 0.102. The topological polar surface area (TPSA) is 49.4 Å². The molecule has 0 aromatic carbocycles. The zero-order chi connectivity index (χ0) is 23.0. The number of Topliss-reactive ketones (excluding diaryl/α,β-unsaturated/α-hetero) is 2. The molecule has 0 spiro atoms. The molecule has 1 N–H and O–H groups in total. The second-order valence-corrected chi connectivity index (χ2v) is 9.14. The maximum atomic E-state index is 12.1. The Morgan fingerprint density at radius 1 is 0.786 bits per heavy atom. The van der Waals surface area contributed by atoms with Crippen molar-refractivity contribution in [3.63, 3.8) is 0 Å². The molecule has 0 fully saturated rings. The summed E-state index contributed by atoms with van der Waals surface area (Å²) in [4.78, 5) is 25.4. The number of carbonyl (C=O) groups excluding carboxylic acids is 2. The maximum absolute atomic E-state index is 12.1. The summed E-state index contributed by atoms with van der Waals surface area (Å²) in [6.07, 6.45) is 2.61. The molecule has 0 aliphatic rings. The van der Waals surface area contributed by atoms with Crippen LogP contribution in [0, 0.1) is 10.8 Å². The number of hydrogen-bond acceptors (Lipinski definition) is 4. The van der Waals surface area contributed by atoms with Crippen LogP contribution in [0.3, 0.4) is 0 Å². The summed E-state index contributed by atoms with van der Waals surface area (Å²) in [6.45, 7) is 28.5. The van der Waals surface area contributed by atoms with Crippen molar-refractivity contribution in [2.45, 2.75) is 108 Å². The van der Waals surface area contributed by atoms with E-state index in [0.29, 0.717) is 11.6 Å². The summed E-state index contributed by atoms with van der Waals surface area (Å²) in [5.41, 5.74) is -0.348. The summed E-state index contributed by atoms with van der Waals surface area (Å²) in [5, 5.41) is 3.11. The highest BCUT2D eigenvalue weighted by Crippen LogP contribution is 2.21. The van der Waals surface area contributed by atoms with Crippen LogP contribution in [0.1, 0.15) is 102 Å². The normalized spacial score (nSPS) is 12.5. The minimum Gasteiger partial charge on any atom is -0.317 e. The number of rotatable bonds is 9. The maximum Gasteiger partial charge on any atom is 0.155 e. The first-order valence-electron chi connectivity index (χ1n) is 11.3. The highest BCUT2D eigenvalue weighted by Gasteiger charge is 2.31. The van der Waals surface area contributed by atoms with Crippen molar-refractivity contribution >= 4 is 11.6 Å². The van der Waals surface area contributed by atoms with Gasteiger partial charge in [0.15, 0.2) is 5.78 Å². The van der Waals surface area contributed by atoms with Crippen LogP contribution >= 0.6 is 0 Å². The van der Waals surface area contributed by atoms with Gasteiger partial charge in [-0.1, -0.05) is 83.1 Å². The molecule has 0 radical (unpaired) electrons. The van der Waals surface area contributed by atoms with Crippen molar-refractivity contribution in [1.82, 2.24) is 10.2 Å². The van der Waals surface area contributed by atoms with Gasteiger partial charge in [-0.05, 0) is 39.0 Å². The molecule has 170 valence electrons. The largest absolute Gasteiger partial charge is 0.317 e. The zero-order valence-corrected chi connectivity index (χ0v) is 21.3. The average Bonchev–Trinajstić information content (AvgIpc) is 2.59. The van der Waals surface area contributed by atoms with Gasteiger partial charge in [-0.2, -0.15) is 0 Å². The molecule has 28 heavy (non-hydrogen) atoms. The summed E-state index contributed by atoms with van der Waals surface area (Å²) in [5.74, 6) is 0.730. The first-order valence-corrected chi connectivity index (χ1v) is 11.3. The SMILES string of the molecule is CCCC(=O)C(C)(C)C.CCNCC.CC[C@@H](C(=O)C(C)(C)C)N(CC)CC. The quantitative estimate of drug-likeness (QED) is 0.536. The van der Waals surface area contributed by atoms with Gasteiger partial charge in [0.1, 0.15) is 5.78 Å². The van der Waals surface area contributed by atoms with E-state index in [1.807, 2.05) is 48.5 Å². The second kappa shape index (κ2) is 17.1. The first-order chi connectivity index (χ1) is 12.8. The highest BCUT2D eigenvalue weighted by atomic mass is 16.1. The van der Waals surface area contributed by atoms with Crippen molar-refractivity contribution < 1.29 is 9.59 Å². The van der Waals surface area contributed by atoms with Crippen molar-refractivity contribution in [3.05, 3.63) is 0 Å². The molecule has 0 bridgehead atoms. The van der Waals surface area contributed by atoms with Gasteiger partial charge in [0.2, 0.25) is 0 Å². The Balaban J connectivity index is -0.000000381. The van der Waals surface area contributed by atoms with Gasteiger partial charge in [0, 0.05) is 17.3 Å². The fourth-order valence-electron chi connectivity index (χ4n) is 2.63. The molecule has 0 amide bonds. The van der Waals surface area contributed by atoms with Crippen LogP contribution in [-0.2, 0) is 9.59 Å². The molecular formula is C24H52N2O2. The van der Waals surface area contributed by atoms with E-state index < -0.39 is 0 Å². The van der Waals surface area contributed by atoms with E-state index >= 15 is 0 Å². The van der Waals surface area contributed by atoms with Crippen LogP contribution in [0.5, 0.6) is 0 Å². The van der Waals surface area contributed by atoms with Crippen molar-refractivity contribution in [1.29, 1.82) is 0 Å². The average molecular weight is 401 g/mol. The number of carbonyl (C=O) groups is 2. The Morgan fingerprint density at radius 3 is 1.36 bits per heavy atom. The molecule has 0 rings (SSSR count). The molecule has 0 heterocycles. The third kappa shape index (κ3) is 16.2. The molecule has 0 unspecified atom stereocenters. The van der Waals surface area contributed by atoms with E-state index in [4.69, 9.17) is 0 Å². The van der Waals surface area contributed by atoms with Gasteiger partial charge in [0.25, 0.3) is 0 Å². The van der Waals surface area contributed by atoms with Crippen LogP contribution in [0.2, 0.25) is 0 Å². The molecule has 0 aliphatic heterocycles. The Kier molecular flexibility index (Phi) is 19.6. The van der Waals surface area contributed by atoms with Gasteiger partial charge in [-0.25, -0.2) is 0 Å². The standard InChI is InChI=1S/C12H25NO.C8H16O.C4H11N/c1-7-10(13(8-2)9-3)11(14)12(4,5)6;1-5-6-7(9)8(2,3)4;1-3-5-4-2/h10H,7-9H2,1-6H3;5-6H2,1-4H3;5H,3-4H2,1-2H3/t10-;;/m0../s1. The van der Waals surface area contributed by atoms with Crippen LogP contribution in [0.25, 0.3) is 0 Å². The Bertz CT molecular complexity index is 386. The van der Waals surface area contributed by atoms with Crippen LogP contribution in [-0.4, -0.2) is 48.7 Å².